The molecule has 2 heterocycles. The first-order valence-electron chi connectivity index (χ1n) is 12.1. The number of nitrogens with one attached hydrogen (secondary N) is 2. The second-order valence-corrected chi connectivity index (χ2v) is 8.91. The summed E-state index contributed by atoms with van der Waals surface area (Å²) >= 11 is 0. The number of ether oxygens (including phenoxy) is 3. The molecule has 0 saturated carbocycles. The zero-order valence-corrected chi connectivity index (χ0v) is 21.9. The van der Waals surface area contributed by atoms with E-state index in [1.54, 1.807) is 38.1 Å². The molecule has 38 heavy (non-hydrogen) atoms. The highest BCUT2D eigenvalue weighted by Gasteiger charge is 2.35. The Hall–Kier alpha value is -4.79. The van der Waals surface area contributed by atoms with Gasteiger partial charge in [-0.2, -0.15) is 4.98 Å². The molecule has 0 aliphatic carbocycles. The van der Waals surface area contributed by atoms with E-state index >= 15 is 0 Å². The van der Waals surface area contributed by atoms with Crippen LogP contribution in [0.1, 0.15) is 24.1 Å². The van der Waals surface area contributed by atoms with Gasteiger partial charge in [0.1, 0.15) is 11.8 Å². The molecule has 1 atom stereocenters. The molecule has 5 rings (SSSR count). The molecule has 1 aliphatic heterocycles. The summed E-state index contributed by atoms with van der Waals surface area (Å²) in [7, 11) is 4.73. The molecule has 0 fully saturated rings. The number of amides is 1. The summed E-state index contributed by atoms with van der Waals surface area (Å²) in [5.41, 5.74) is 4.49. The average Bonchev–Trinajstić information content (AvgIpc) is 3.35. The summed E-state index contributed by atoms with van der Waals surface area (Å²) in [5.74, 6) is 2.50. The van der Waals surface area contributed by atoms with E-state index in [4.69, 9.17) is 24.3 Å². The lowest BCUT2D eigenvalue weighted by Crippen LogP contribution is -2.31. The summed E-state index contributed by atoms with van der Waals surface area (Å²) in [6, 6.07) is 20.3. The molecule has 3 aromatic carbocycles. The molecule has 0 bridgehead atoms. The predicted octanol–water partition coefficient (Wildman–Crippen LogP) is 5.21. The second kappa shape index (κ2) is 10.3. The van der Waals surface area contributed by atoms with Gasteiger partial charge in [0.25, 0.3) is 5.91 Å². The smallest absolute Gasteiger partial charge is 0.255 e. The number of hydrogen-bond acceptors (Lipinski definition) is 7. The number of aromatic nitrogens is 3. The number of anilines is 2. The first-order chi connectivity index (χ1) is 18.4. The van der Waals surface area contributed by atoms with Crippen molar-refractivity contribution < 1.29 is 19.0 Å². The van der Waals surface area contributed by atoms with E-state index < -0.39 is 6.04 Å². The fraction of sp³-hybridized carbons (Fsp3) is 0.207. The Kier molecular flexibility index (Phi) is 6.74. The lowest BCUT2D eigenvalue weighted by Gasteiger charge is -2.29. The highest BCUT2D eigenvalue weighted by Crippen LogP contribution is 2.40. The number of carbonyl (C=O) groups excluding carboxylic acids is 1. The Labute approximate surface area is 221 Å². The number of rotatable bonds is 7. The Morgan fingerprint density at radius 1 is 0.895 bits per heavy atom. The first-order valence-corrected chi connectivity index (χ1v) is 12.1. The molecule has 0 spiro atoms. The highest BCUT2D eigenvalue weighted by molar-refractivity contribution is 6.06. The third-order valence-electron chi connectivity index (χ3n) is 6.45. The maximum atomic E-state index is 13.9. The predicted molar refractivity (Wildman–Crippen MR) is 146 cm³/mol. The topological polar surface area (TPSA) is 99.5 Å². The van der Waals surface area contributed by atoms with Crippen molar-refractivity contribution in [2.45, 2.75) is 19.9 Å². The van der Waals surface area contributed by atoms with E-state index in [1.165, 1.54) is 0 Å². The number of carbonyl (C=O) groups is 1. The third-order valence-corrected chi connectivity index (χ3v) is 6.45. The minimum Gasteiger partial charge on any atom is -0.495 e. The van der Waals surface area contributed by atoms with Gasteiger partial charge in [-0.25, -0.2) is 4.68 Å². The molecule has 1 unspecified atom stereocenters. The summed E-state index contributed by atoms with van der Waals surface area (Å²) in [4.78, 5) is 18.6. The van der Waals surface area contributed by atoms with E-state index in [0.29, 0.717) is 46.0 Å². The molecule has 1 aliphatic rings. The van der Waals surface area contributed by atoms with Crippen molar-refractivity contribution in [3.63, 3.8) is 0 Å². The number of allylic oxidation sites excluding steroid dienone is 1. The lowest BCUT2D eigenvalue weighted by molar-refractivity contribution is -0.113. The standard InChI is InChI=1S/C29H29N5O4/c1-17-9-8-10-20(15-17)27-32-29-30-18(2)25(28(35)31-21-11-6-7-12-22(21)36-3)26(34(29)33-27)19-13-14-23(37-4)24(16-19)38-5/h6-16,26H,1-5H3,(H,31,35)(H,30,32,33). The van der Waals surface area contributed by atoms with Gasteiger partial charge in [-0.05, 0) is 49.7 Å². The molecule has 2 N–H and O–H groups in total. The molecule has 0 radical (unpaired) electrons. The van der Waals surface area contributed by atoms with Gasteiger partial charge >= 0.3 is 0 Å². The summed E-state index contributed by atoms with van der Waals surface area (Å²) in [6.45, 7) is 3.88. The van der Waals surface area contributed by atoms with Crippen molar-refractivity contribution in [2.75, 3.05) is 32.0 Å². The van der Waals surface area contributed by atoms with Crippen molar-refractivity contribution in [2.24, 2.45) is 0 Å². The largest absolute Gasteiger partial charge is 0.495 e. The van der Waals surface area contributed by atoms with Crippen LogP contribution in [0, 0.1) is 6.92 Å². The van der Waals surface area contributed by atoms with Gasteiger partial charge in [-0.15, -0.1) is 5.10 Å². The molecule has 9 nitrogen and oxygen atoms in total. The fourth-order valence-electron chi connectivity index (χ4n) is 4.62. The van der Waals surface area contributed by atoms with E-state index in [0.717, 1.165) is 16.7 Å². The second-order valence-electron chi connectivity index (χ2n) is 8.91. The molecule has 4 aromatic rings. The SMILES string of the molecule is COc1ccccc1NC(=O)C1=C(C)Nc2nc(-c3cccc(C)c3)nn2C1c1ccc(OC)c(OC)c1. The zero-order chi connectivity index (χ0) is 26.8. The van der Waals surface area contributed by atoms with Crippen molar-refractivity contribution in [3.05, 3.63) is 89.1 Å². The Bertz CT molecular complexity index is 1540. The van der Waals surface area contributed by atoms with Crippen LogP contribution in [0.3, 0.4) is 0 Å². The molecular formula is C29H29N5O4. The van der Waals surface area contributed by atoms with Crippen molar-refractivity contribution in [1.29, 1.82) is 0 Å². The Morgan fingerprint density at radius 3 is 2.39 bits per heavy atom. The van der Waals surface area contributed by atoms with Gasteiger partial charge < -0.3 is 24.8 Å². The molecule has 1 aromatic heterocycles. The van der Waals surface area contributed by atoms with E-state index in [1.807, 2.05) is 68.4 Å². The zero-order valence-electron chi connectivity index (χ0n) is 21.9. The number of para-hydroxylation sites is 2. The summed E-state index contributed by atoms with van der Waals surface area (Å²) in [5, 5.41) is 11.1. The van der Waals surface area contributed by atoms with E-state index in [2.05, 4.69) is 10.6 Å². The number of benzene rings is 3. The fourth-order valence-corrected chi connectivity index (χ4v) is 4.62. The molecule has 1 amide bonds. The average molecular weight is 512 g/mol. The minimum absolute atomic E-state index is 0.294. The Balaban J connectivity index is 1.64. The maximum Gasteiger partial charge on any atom is 0.255 e. The summed E-state index contributed by atoms with van der Waals surface area (Å²) < 4.78 is 18.2. The van der Waals surface area contributed by atoms with Crippen LogP contribution in [0.2, 0.25) is 0 Å². The highest BCUT2D eigenvalue weighted by atomic mass is 16.5. The minimum atomic E-state index is -0.591. The van der Waals surface area contributed by atoms with Gasteiger partial charge in [0.05, 0.1) is 32.6 Å². The number of aryl methyl sites for hydroxylation is 1. The summed E-state index contributed by atoms with van der Waals surface area (Å²) in [6.07, 6.45) is 0. The number of fused-ring (bicyclic) bond motifs is 1. The quantitative estimate of drug-likeness (QED) is 0.352. The number of methoxy groups -OCH3 is 3. The van der Waals surface area contributed by atoms with Gasteiger partial charge in [0, 0.05) is 11.3 Å². The van der Waals surface area contributed by atoms with Crippen LogP contribution < -0.4 is 24.8 Å². The Morgan fingerprint density at radius 2 is 1.66 bits per heavy atom. The molecule has 0 saturated heterocycles. The van der Waals surface area contributed by atoms with Gasteiger partial charge in [0.2, 0.25) is 5.95 Å². The van der Waals surface area contributed by atoms with Crippen LogP contribution >= 0.6 is 0 Å². The molecular weight excluding hydrogens is 482 g/mol. The molecule has 194 valence electrons. The van der Waals surface area contributed by atoms with Gasteiger partial charge in [-0.3, -0.25) is 4.79 Å². The van der Waals surface area contributed by atoms with Crippen LogP contribution in [0.4, 0.5) is 11.6 Å². The van der Waals surface area contributed by atoms with Gasteiger partial charge in [0.15, 0.2) is 17.3 Å². The van der Waals surface area contributed by atoms with E-state index in [9.17, 15) is 4.79 Å². The van der Waals surface area contributed by atoms with E-state index in [-0.39, 0.29) is 5.91 Å². The van der Waals surface area contributed by atoms with Crippen LogP contribution in [-0.2, 0) is 4.79 Å². The van der Waals surface area contributed by atoms with Gasteiger partial charge in [-0.1, -0.05) is 42.0 Å². The van der Waals surface area contributed by atoms with Crippen LogP contribution in [0.5, 0.6) is 17.2 Å². The third kappa shape index (κ3) is 4.54. The number of nitrogens with zero attached hydrogens (tertiary/aromatic N) is 3. The van der Waals surface area contributed by atoms with Crippen molar-refractivity contribution >= 4 is 17.5 Å². The first kappa shape index (κ1) is 24.9. The van der Waals surface area contributed by atoms with Crippen LogP contribution in [0.15, 0.2) is 78.0 Å². The normalized spacial score (nSPS) is 14.4. The van der Waals surface area contributed by atoms with Crippen LogP contribution in [-0.4, -0.2) is 42.0 Å². The monoisotopic (exact) mass is 511 g/mol. The number of hydrogen-bond donors (Lipinski definition) is 2. The molecule has 9 heteroatoms. The van der Waals surface area contributed by atoms with Crippen molar-refractivity contribution in [3.8, 4) is 28.6 Å². The van der Waals surface area contributed by atoms with Crippen LogP contribution in [0.25, 0.3) is 11.4 Å². The lowest BCUT2D eigenvalue weighted by atomic mass is 9.94. The maximum absolute atomic E-state index is 13.9. The van der Waals surface area contributed by atoms with Crippen molar-refractivity contribution in [1.82, 2.24) is 14.8 Å².